The molecule has 0 aliphatic rings. The monoisotopic (exact) mass is 240 g/mol. The van der Waals surface area contributed by atoms with E-state index >= 15 is 0 Å². The molecule has 0 bridgehead atoms. The van der Waals surface area contributed by atoms with Gasteiger partial charge < -0.3 is 13.6 Å². The van der Waals surface area contributed by atoms with Gasteiger partial charge in [0.25, 0.3) is 0 Å². The van der Waals surface area contributed by atoms with Crippen LogP contribution in [0, 0.1) is 0 Å². The molecule has 0 saturated heterocycles. The van der Waals surface area contributed by atoms with Crippen molar-refractivity contribution in [2.75, 3.05) is 20.3 Å². The van der Waals surface area contributed by atoms with E-state index in [1.807, 2.05) is 30.3 Å². The fraction of sp³-hybridized carbons (Fsp3) is 0.500. The Labute approximate surface area is 99.2 Å². The molecule has 0 saturated carbocycles. The molecule has 4 heteroatoms. The summed E-state index contributed by atoms with van der Waals surface area (Å²) in [6.07, 6.45) is 0. The van der Waals surface area contributed by atoms with Crippen molar-refractivity contribution >= 4 is 9.28 Å². The van der Waals surface area contributed by atoms with Crippen molar-refractivity contribution in [2.45, 2.75) is 19.4 Å². The summed E-state index contributed by atoms with van der Waals surface area (Å²) in [7, 11) is 0.0286. The highest BCUT2D eigenvalue weighted by atomic mass is 28.3. The maximum Gasteiger partial charge on any atom is 0.385 e. The number of benzene rings is 1. The lowest BCUT2D eigenvalue weighted by Gasteiger charge is -2.20. The van der Waals surface area contributed by atoms with E-state index in [4.69, 9.17) is 13.6 Å². The summed E-state index contributed by atoms with van der Waals surface area (Å²) in [6, 6.07) is 9.83. The van der Waals surface area contributed by atoms with E-state index < -0.39 is 9.28 Å². The molecule has 0 N–H and O–H groups in total. The maximum atomic E-state index is 5.88. The van der Waals surface area contributed by atoms with Crippen LogP contribution < -0.4 is 4.43 Å². The summed E-state index contributed by atoms with van der Waals surface area (Å²) in [5.74, 6) is 0.894. The molecule has 0 aliphatic heterocycles. The highest BCUT2D eigenvalue weighted by molar-refractivity contribution is 6.47. The van der Waals surface area contributed by atoms with Gasteiger partial charge in [-0.25, -0.2) is 0 Å². The Morgan fingerprint density at radius 1 is 1.12 bits per heavy atom. The SMILES string of the molecule is COCCO[SiH](Oc1ccccc1)C(C)C. The lowest BCUT2D eigenvalue weighted by Crippen LogP contribution is -2.31. The molecule has 0 fully saturated rings. The molecule has 90 valence electrons. The first-order valence-corrected chi connectivity index (χ1v) is 7.17. The Kier molecular flexibility index (Phi) is 6.14. The molecule has 0 amide bonds. The topological polar surface area (TPSA) is 27.7 Å². The minimum Gasteiger partial charge on any atom is -0.522 e. The summed E-state index contributed by atoms with van der Waals surface area (Å²) < 4.78 is 16.6. The van der Waals surface area contributed by atoms with Crippen LogP contribution in [0.2, 0.25) is 5.54 Å². The van der Waals surface area contributed by atoms with Gasteiger partial charge in [0.15, 0.2) is 0 Å². The van der Waals surface area contributed by atoms with Gasteiger partial charge in [0.1, 0.15) is 5.75 Å². The van der Waals surface area contributed by atoms with Crippen molar-refractivity contribution in [3.8, 4) is 5.75 Å². The van der Waals surface area contributed by atoms with Crippen molar-refractivity contribution in [3.63, 3.8) is 0 Å². The highest BCUT2D eigenvalue weighted by Gasteiger charge is 2.19. The van der Waals surface area contributed by atoms with Crippen LogP contribution in [-0.4, -0.2) is 29.6 Å². The van der Waals surface area contributed by atoms with Gasteiger partial charge >= 0.3 is 9.28 Å². The molecule has 1 aromatic rings. The Morgan fingerprint density at radius 3 is 2.38 bits per heavy atom. The summed E-state index contributed by atoms with van der Waals surface area (Å²) in [5, 5.41) is 0. The standard InChI is InChI=1S/C12H20O3Si/c1-11(2)16(14-10-9-13-3)15-12-7-5-4-6-8-12/h4-8,11,16H,9-10H2,1-3H3. The second-order valence-corrected chi connectivity index (χ2v) is 6.55. The Balaban J connectivity index is 2.45. The zero-order chi connectivity index (χ0) is 11.8. The molecule has 0 aromatic heterocycles. The minimum absolute atomic E-state index is 0.442. The fourth-order valence-corrected chi connectivity index (χ4v) is 2.72. The van der Waals surface area contributed by atoms with Crippen LogP contribution >= 0.6 is 0 Å². The molecular weight excluding hydrogens is 220 g/mol. The summed E-state index contributed by atoms with van der Waals surface area (Å²) in [6.45, 7) is 5.49. The first-order chi connectivity index (χ1) is 7.74. The number of hydrogen-bond donors (Lipinski definition) is 0. The lowest BCUT2D eigenvalue weighted by atomic mass is 10.3. The van der Waals surface area contributed by atoms with Gasteiger partial charge in [-0.15, -0.1) is 0 Å². The number of hydrogen-bond acceptors (Lipinski definition) is 3. The van der Waals surface area contributed by atoms with Gasteiger partial charge in [-0.3, -0.25) is 0 Å². The first-order valence-electron chi connectivity index (χ1n) is 5.56. The van der Waals surface area contributed by atoms with Crippen LogP contribution in [0.5, 0.6) is 5.75 Å². The van der Waals surface area contributed by atoms with E-state index in [-0.39, 0.29) is 0 Å². The van der Waals surface area contributed by atoms with Gasteiger partial charge in [-0.2, -0.15) is 0 Å². The van der Waals surface area contributed by atoms with Crippen LogP contribution in [0.4, 0.5) is 0 Å². The number of rotatable bonds is 7. The average molecular weight is 240 g/mol. The molecule has 0 radical (unpaired) electrons. The number of para-hydroxylation sites is 1. The molecule has 0 aliphatic carbocycles. The summed E-state index contributed by atoms with van der Waals surface area (Å²) in [4.78, 5) is 0. The van der Waals surface area contributed by atoms with Crippen LogP contribution in [0.25, 0.3) is 0 Å². The van der Waals surface area contributed by atoms with E-state index in [1.165, 1.54) is 0 Å². The Hall–Kier alpha value is -0.843. The zero-order valence-electron chi connectivity index (χ0n) is 10.2. The predicted molar refractivity (Wildman–Crippen MR) is 67.1 cm³/mol. The largest absolute Gasteiger partial charge is 0.522 e. The average Bonchev–Trinajstić information content (AvgIpc) is 2.29. The van der Waals surface area contributed by atoms with E-state index in [2.05, 4.69) is 13.8 Å². The smallest absolute Gasteiger partial charge is 0.385 e. The minimum atomic E-state index is -1.65. The van der Waals surface area contributed by atoms with Crippen LogP contribution in [-0.2, 0) is 9.16 Å². The molecular formula is C12H20O3Si. The molecule has 0 heterocycles. The van der Waals surface area contributed by atoms with Crippen molar-refractivity contribution in [1.29, 1.82) is 0 Å². The third-order valence-electron chi connectivity index (χ3n) is 2.11. The fourth-order valence-electron chi connectivity index (χ4n) is 1.24. The van der Waals surface area contributed by atoms with E-state index in [0.717, 1.165) is 5.75 Å². The predicted octanol–water partition coefficient (Wildman–Crippen LogP) is 2.36. The van der Waals surface area contributed by atoms with Crippen molar-refractivity contribution in [3.05, 3.63) is 30.3 Å². The number of ether oxygens (including phenoxy) is 1. The van der Waals surface area contributed by atoms with Crippen LogP contribution in [0.1, 0.15) is 13.8 Å². The third-order valence-corrected chi connectivity index (χ3v) is 4.27. The molecule has 1 rings (SSSR count). The maximum absolute atomic E-state index is 5.88. The molecule has 0 spiro atoms. The number of methoxy groups -OCH3 is 1. The van der Waals surface area contributed by atoms with Gasteiger partial charge in [-0.05, 0) is 12.1 Å². The van der Waals surface area contributed by atoms with Crippen molar-refractivity contribution in [2.24, 2.45) is 0 Å². The summed E-state index contributed by atoms with van der Waals surface area (Å²) in [5.41, 5.74) is 0.442. The molecule has 1 atom stereocenters. The van der Waals surface area contributed by atoms with Crippen molar-refractivity contribution in [1.82, 2.24) is 0 Å². The Bertz CT molecular complexity index is 277. The van der Waals surface area contributed by atoms with E-state index in [0.29, 0.717) is 18.8 Å². The zero-order valence-corrected chi connectivity index (χ0v) is 11.3. The highest BCUT2D eigenvalue weighted by Crippen LogP contribution is 2.16. The molecule has 3 nitrogen and oxygen atoms in total. The first kappa shape index (κ1) is 13.2. The molecule has 1 aromatic carbocycles. The van der Waals surface area contributed by atoms with Crippen LogP contribution in [0.3, 0.4) is 0 Å². The van der Waals surface area contributed by atoms with Gasteiger partial charge in [-0.1, -0.05) is 32.0 Å². The van der Waals surface area contributed by atoms with E-state index in [1.54, 1.807) is 7.11 Å². The lowest BCUT2D eigenvalue weighted by molar-refractivity contribution is 0.133. The quantitative estimate of drug-likeness (QED) is 0.541. The van der Waals surface area contributed by atoms with Crippen molar-refractivity contribution < 1.29 is 13.6 Å². The van der Waals surface area contributed by atoms with Gasteiger partial charge in [0.2, 0.25) is 0 Å². The summed E-state index contributed by atoms with van der Waals surface area (Å²) >= 11 is 0. The molecule has 16 heavy (non-hydrogen) atoms. The van der Waals surface area contributed by atoms with E-state index in [9.17, 15) is 0 Å². The third kappa shape index (κ3) is 4.79. The molecule has 1 unspecified atom stereocenters. The second-order valence-electron chi connectivity index (χ2n) is 3.91. The van der Waals surface area contributed by atoms with Gasteiger partial charge in [0, 0.05) is 12.7 Å². The normalized spacial score (nSPS) is 12.8. The van der Waals surface area contributed by atoms with Crippen LogP contribution in [0.15, 0.2) is 30.3 Å². The second kappa shape index (κ2) is 7.43. The Morgan fingerprint density at radius 2 is 1.81 bits per heavy atom. The van der Waals surface area contributed by atoms with Gasteiger partial charge in [0.05, 0.1) is 13.2 Å².